The summed E-state index contributed by atoms with van der Waals surface area (Å²) in [6.07, 6.45) is 0.653. The highest BCUT2D eigenvalue weighted by Crippen LogP contribution is 2.37. The fraction of sp³-hybridized carbons (Fsp3) is 0.318. The van der Waals surface area contributed by atoms with Crippen molar-refractivity contribution in [2.24, 2.45) is 5.10 Å². The van der Waals surface area contributed by atoms with Crippen LogP contribution in [0.5, 0.6) is 11.5 Å². The third kappa shape index (κ3) is 4.25. The number of rotatable bonds is 6. The van der Waals surface area contributed by atoms with Gasteiger partial charge in [0.05, 0.1) is 16.7 Å². The number of carboxylic acid groups (broad SMARTS) is 1. The number of carbonyl (C=O) groups is 2. The van der Waals surface area contributed by atoms with Crippen molar-refractivity contribution in [3.63, 3.8) is 0 Å². The maximum absolute atomic E-state index is 12.9. The highest BCUT2D eigenvalue weighted by molar-refractivity contribution is 6.14. The van der Waals surface area contributed by atoms with Crippen molar-refractivity contribution < 1.29 is 29.1 Å². The lowest BCUT2D eigenvalue weighted by atomic mass is 9.94. The number of aliphatic carboxylic acids is 1. The van der Waals surface area contributed by atoms with E-state index in [0.717, 1.165) is 11.1 Å². The monoisotopic (exact) mass is 439 g/mol. The second kappa shape index (κ2) is 8.66. The van der Waals surface area contributed by atoms with E-state index in [4.69, 9.17) is 14.6 Å². The summed E-state index contributed by atoms with van der Waals surface area (Å²) in [6.45, 7) is 1.98. The fourth-order valence-electron chi connectivity index (χ4n) is 3.80. The van der Waals surface area contributed by atoms with Crippen LogP contribution in [0.1, 0.15) is 42.9 Å². The number of amides is 1. The van der Waals surface area contributed by atoms with Gasteiger partial charge < -0.3 is 14.6 Å². The lowest BCUT2D eigenvalue weighted by molar-refractivity contribution is -0.384. The van der Waals surface area contributed by atoms with E-state index >= 15 is 0 Å². The van der Waals surface area contributed by atoms with Gasteiger partial charge in [0.2, 0.25) is 12.7 Å². The number of hydrogen-bond donors (Lipinski definition) is 1. The van der Waals surface area contributed by atoms with Gasteiger partial charge in [0.15, 0.2) is 11.5 Å². The first-order valence-electron chi connectivity index (χ1n) is 10.1. The second-order valence-electron chi connectivity index (χ2n) is 7.65. The maximum Gasteiger partial charge on any atom is 0.303 e. The number of benzene rings is 2. The number of fused-ring (bicyclic) bond motifs is 2. The highest BCUT2D eigenvalue weighted by Gasteiger charge is 2.29. The van der Waals surface area contributed by atoms with E-state index in [1.807, 2.05) is 19.1 Å². The Morgan fingerprint density at radius 2 is 1.88 bits per heavy atom. The molecule has 2 aliphatic rings. The van der Waals surface area contributed by atoms with Gasteiger partial charge in [-0.25, -0.2) is 5.01 Å². The number of ether oxygens (including phenoxy) is 2. The molecule has 166 valence electrons. The van der Waals surface area contributed by atoms with Gasteiger partial charge in [-0.15, -0.1) is 0 Å². The van der Waals surface area contributed by atoms with Crippen molar-refractivity contribution in [1.82, 2.24) is 5.01 Å². The van der Waals surface area contributed by atoms with Crippen LogP contribution in [0.3, 0.4) is 0 Å². The van der Waals surface area contributed by atoms with Crippen LogP contribution in [-0.2, 0) is 16.0 Å². The van der Waals surface area contributed by atoms with E-state index in [9.17, 15) is 19.7 Å². The van der Waals surface area contributed by atoms with Crippen LogP contribution in [0, 0.1) is 10.1 Å². The average Bonchev–Trinajstić information content (AvgIpc) is 3.15. The predicted octanol–water partition coefficient (Wildman–Crippen LogP) is 3.10. The molecule has 1 unspecified atom stereocenters. The molecular formula is C22H21N3O7. The SMILES string of the molecule is CC1Cc2cc3c(cc2C(c2ccc([N+](=O)[O-])cc2)=NN1C(=O)CCCC(=O)O)OCO3. The normalized spacial score (nSPS) is 16.7. The summed E-state index contributed by atoms with van der Waals surface area (Å²) in [5.74, 6) is -0.0720. The molecule has 4 rings (SSSR count). The number of carboxylic acids is 1. The van der Waals surface area contributed by atoms with Crippen molar-refractivity contribution in [3.05, 3.63) is 63.2 Å². The summed E-state index contributed by atoms with van der Waals surface area (Å²) < 4.78 is 11.0. The standard InChI is InChI=1S/C22H21N3O7/c1-13-9-15-10-18-19(32-12-31-18)11-17(15)22(14-5-7-16(8-6-14)25(29)30)23-24(13)20(26)3-2-4-21(27)28/h5-8,10-11,13H,2-4,9,12H2,1H3,(H,27,28). The summed E-state index contributed by atoms with van der Waals surface area (Å²) in [6, 6.07) is 9.34. The molecule has 0 aromatic heterocycles. The Balaban J connectivity index is 1.76. The molecular weight excluding hydrogens is 418 g/mol. The molecule has 2 aromatic rings. The van der Waals surface area contributed by atoms with Gasteiger partial charge in [-0.05, 0) is 49.6 Å². The van der Waals surface area contributed by atoms with Crippen molar-refractivity contribution in [3.8, 4) is 11.5 Å². The van der Waals surface area contributed by atoms with Gasteiger partial charge in [-0.3, -0.25) is 19.7 Å². The van der Waals surface area contributed by atoms with Gasteiger partial charge in [-0.1, -0.05) is 0 Å². The lowest BCUT2D eigenvalue weighted by Crippen LogP contribution is -2.35. The third-order valence-corrected chi connectivity index (χ3v) is 5.38. The number of nitro benzene ring substituents is 1. The topological polar surface area (TPSA) is 132 Å². The molecule has 0 radical (unpaired) electrons. The first-order valence-corrected chi connectivity index (χ1v) is 10.1. The quantitative estimate of drug-likeness (QED) is 0.540. The molecule has 0 saturated carbocycles. The number of non-ortho nitro benzene ring substituents is 1. The van der Waals surface area contributed by atoms with Crippen molar-refractivity contribution in [1.29, 1.82) is 0 Å². The Hall–Kier alpha value is -3.95. The predicted molar refractivity (Wildman–Crippen MR) is 113 cm³/mol. The smallest absolute Gasteiger partial charge is 0.303 e. The van der Waals surface area contributed by atoms with E-state index in [1.54, 1.807) is 12.1 Å². The minimum absolute atomic E-state index is 0.0484. The van der Waals surface area contributed by atoms with Gasteiger partial charge >= 0.3 is 5.97 Å². The first-order chi connectivity index (χ1) is 15.3. The highest BCUT2D eigenvalue weighted by atomic mass is 16.7. The molecule has 32 heavy (non-hydrogen) atoms. The summed E-state index contributed by atoms with van der Waals surface area (Å²) in [5, 5.41) is 25.9. The van der Waals surface area contributed by atoms with Crippen LogP contribution >= 0.6 is 0 Å². The molecule has 10 heteroatoms. The Morgan fingerprint density at radius 1 is 1.19 bits per heavy atom. The van der Waals surface area contributed by atoms with E-state index in [1.165, 1.54) is 17.1 Å². The molecule has 1 amide bonds. The molecule has 2 heterocycles. The molecule has 10 nitrogen and oxygen atoms in total. The van der Waals surface area contributed by atoms with Crippen LogP contribution in [0.2, 0.25) is 0 Å². The number of hydrogen-bond acceptors (Lipinski definition) is 7. The largest absolute Gasteiger partial charge is 0.481 e. The second-order valence-corrected chi connectivity index (χ2v) is 7.65. The van der Waals surface area contributed by atoms with Gasteiger partial charge in [0.1, 0.15) is 0 Å². The number of nitrogens with zero attached hydrogens (tertiary/aromatic N) is 3. The Bertz CT molecular complexity index is 1110. The van der Waals surface area contributed by atoms with Crippen molar-refractivity contribution in [2.75, 3.05) is 6.79 Å². The molecule has 1 atom stereocenters. The van der Waals surface area contributed by atoms with Crippen LogP contribution in [0.25, 0.3) is 0 Å². The van der Waals surface area contributed by atoms with E-state index in [0.29, 0.717) is 29.2 Å². The Morgan fingerprint density at radius 3 is 2.53 bits per heavy atom. The van der Waals surface area contributed by atoms with Crippen LogP contribution in [0.4, 0.5) is 5.69 Å². The van der Waals surface area contributed by atoms with E-state index < -0.39 is 10.9 Å². The zero-order valence-corrected chi connectivity index (χ0v) is 17.3. The summed E-state index contributed by atoms with van der Waals surface area (Å²) in [5.41, 5.74) is 2.68. The molecule has 0 bridgehead atoms. The van der Waals surface area contributed by atoms with Crippen molar-refractivity contribution >= 4 is 23.3 Å². The molecule has 2 aromatic carbocycles. The first kappa shape index (κ1) is 21.3. The molecule has 1 N–H and O–H groups in total. The zero-order valence-electron chi connectivity index (χ0n) is 17.3. The van der Waals surface area contributed by atoms with Crippen LogP contribution in [-0.4, -0.2) is 45.5 Å². The zero-order chi connectivity index (χ0) is 22.8. The molecule has 0 spiro atoms. The van der Waals surface area contributed by atoms with Gasteiger partial charge in [-0.2, -0.15) is 5.10 Å². The average molecular weight is 439 g/mol. The molecule has 2 aliphatic heterocycles. The van der Waals surface area contributed by atoms with E-state index in [-0.39, 0.29) is 43.7 Å². The lowest BCUT2D eigenvalue weighted by Gasteiger charge is -2.23. The fourth-order valence-corrected chi connectivity index (χ4v) is 3.80. The third-order valence-electron chi connectivity index (χ3n) is 5.38. The minimum Gasteiger partial charge on any atom is -0.481 e. The summed E-state index contributed by atoms with van der Waals surface area (Å²) in [4.78, 5) is 34.3. The minimum atomic E-state index is -0.960. The van der Waals surface area contributed by atoms with Crippen molar-refractivity contribution in [2.45, 2.75) is 38.6 Å². The van der Waals surface area contributed by atoms with Crippen LogP contribution < -0.4 is 9.47 Å². The molecule has 0 saturated heterocycles. The Kier molecular flexibility index (Phi) is 5.76. The van der Waals surface area contributed by atoms with Crippen LogP contribution in [0.15, 0.2) is 41.5 Å². The number of carbonyl (C=O) groups excluding carboxylic acids is 1. The van der Waals surface area contributed by atoms with E-state index in [2.05, 4.69) is 5.10 Å². The summed E-state index contributed by atoms with van der Waals surface area (Å²) >= 11 is 0. The summed E-state index contributed by atoms with van der Waals surface area (Å²) in [7, 11) is 0. The molecule has 0 fully saturated rings. The number of nitro groups is 1. The van der Waals surface area contributed by atoms with Gasteiger partial charge in [0.25, 0.3) is 5.69 Å². The Labute approximate surface area is 183 Å². The maximum atomic E-state index is 12.9. The number of hydrazone groups is 1. The van der Waals surface area contributed by atoms with Gasteiger partial charge in [0, 0.05) is 36.1 Å². The molecule has 0 aliphatic carbocycles.